The van der Waals surface area contributed by atoms with Gasteiger partial charge in [0.1, 0.15) is 0 Å². The lowest BCUT2D eigenvalue weighted by Crippen LogP contribution is -2.21. The van der Waals surface area contributed by atoms with Crippen LogP contribution in [0.1, 0.15) is 24.0 Å². The number of thioether (sulfide) groups is 1. The molecule has 3 rings (SSSR count). The second-order valence-electron chi connectivity index (χ2n) is 5.10. The summed E-state index contributed by atoms with van der Waals surface area (Å²) in [4.78, 5) is 15.2. The second-order valence-corrected chi connectivity index (χ2v) is 6.38. The zero-order valence-corrected chi connectivity index (χ0v) is 13.5. The average molecular weight is 321 g/mol. The van der Waals surface area contributed by atoms with E-state index >= 15 is 0 Å². The van der Waals surface area contributed by atoms with Crippen molar-refractivity contribution in [2.24, 2.45) is 0 Å². The normalized spacial score (nSPS) is 14.7. The highest BCUT2D eigenvalue weighted by Gasteiger charge is 2.17. The molecule has 6 heteroatoms. The summed E-state index contributed by atoms with van der Waals surface area (Å²) >= 11 is 7.64. The summed E-state index contributed by atoms with van der Waals surface area (Å²) in [6, 6.07) is 8.35. The molecule has 0 bridgehead atoms. The van der Waals surface area contributed by atoms with Crippen LogP contribution in [0.15, 0.2) is 29.4 Å². The van der Waals surface area contributed by atoms with Crippen molar-refractivity contribution in [1.82, 2.24) is 15.0 Å². The fourth-order valence-electron chi connectivity index (χ4n) is 2.36. The third kappa shape index (κ3) is 3.66. The molecule has 1 aromatic carbocycles. The Hall–Kier alpha value is -1.33. The predicted molar refractivity (Wildman–Crippen MR) is 87.0 cm³/mol. The second kappa shape index (κ2) is 6.62. The van der Waals surface area contributed by atoms with Gasteiger partial charge in [0.15, 0.2) is 5.16 Å². The lowest BCUT2D eigenvalue weighted by Gasteiger charge is -2.15. The Bertz CT molecular complexity index is 629. The molecule has 0 aliphatic carbocycles. The monoisotopic (exact) mass is 320 g/mol. The smallest absolute Gasteiger partial charge is 0.230 e. The quantitative estimate of drug-likeness (QED) is 0.803. The van der Waals surface area contributed by atoms with Crippen molar-refractivity contribution in [2.75, 3.05) is 18.0 Å². The van der Waals surface area contributed by atoms with Crippen molar-refractivity contribution < 1.29 is 0 Å². The first kappa shape index (κ1) is 14.6. The van der Waals surface area contributed by atoms with Gasteiger partial charge in [0.25, 0.3) is 0 Å². The van der Waals surface area contributed by atoms with Gasteiger partial charge >= 0.3 is 0 Å². The molecule has 0 saturated carbocycles. The van der Waals surface area contributed by atoms with Crippen LogP contribution >= 0.6 is 23.4 Å². The highest BCUT2D eigenvalue weighted by molar-refractivity contribution is 7.98. The molecule has 1 saturated heterocycles. The highest BCUT2D eigenvalue weighted by Crippen LogP contribution is 2.25. The van der Waals surface area contributed by atoms with Crippen LogP contribution in [0.4, 0.5) is 5.95 Å². The maximum atomic E-state index is 6.04. The Balaban J connectivity index is 1.74. The van der Waals surface area contributed by atoms with E-state index in [9.17, 15) is 0 Å². The molecule has 1 aliphatic rings. The van der Waals surface area contributed by atoms with E-state index < -0.39 is 0 Å². The third-order valence-electron chi connectivity index (χ3n) is 3.58. The first-order chi connectivity index (χ1) is 10.2. The molecule has 0 unspecified atom stereocenters. The van der Waals surface area contributed by atoms with Crippen molar-refractivity contribution >= 4 is 29.3 Å². The van der Waals surface area contributed by atoms with E-state index in [-0.39, 0.29) is 5.28 Å². The number of aryl methyl sites for hydroxylation is 1. The molecule has 1 fully saturated rings. The minimum Gasteiger partial charge on any atom is -0.341 e. The maximum Gasteiger partial charge on any atom is 0.230 e. The van der Waals surface area contributed by atoms with Crippen molar-refractivity contribution in [2.45, 2.75) is 30.7 Å². The topological polar surface area (TPSA) is 41.9 Å². The molecule has 21 heavy (non-hydrogen) atoms. The van der Waals surface area contributed by atoms with Gasteiger partial charge in [-0.25, -0.2) is 0 Å². The number of nitrogens with zero attached hydrogens (tertiary/aromatic N) is 4. The number of hydrogen-bond acceptors (Lipinski definition) is 5. The number of hydrogen-bond donors (Lipinski definition) is 0. The summed E-state index contributed by atoms with van der Waals surface area (Å²) in [6.07, 6.45) is 2.38. The summed E-state index contributed by atoms with van der Waals surface area (Å²) in [5.41, 5.74) is 2.58. The molecule has 0 amide bonds. The SMILES string of the molecule is Cc1ccccc1CSc1nc(Cl)nc(N2CCCC2)n1. The van der Waals surface area contributed by atoms with Gasteiger partial charge in [-0.05, 0) is 42.5 Å². The van der Waals surface area contributed by atoms with E-state index in [1.807, 2.05) is 0 Å². The average Bonchev–Trinajstić information content (AvgIpc) is 3.00. The molecule has 0 atom stereocenters. The third-order valence-corrected chi connectivity index (χ3v) is 4.65. The van der Waals surface area contributed by atoms with Gasteiger partial charge < -0.3 is 4.90 Å². The molecule has 2 heterocycles. The summed E-state index contributed by atoms with van der Waals surface area (Å²) in [6.45, 7) is 4.12. The fourth-order valence-corrected chi connectivity index (χ4v) is 3.47. The molecule has 0 spiro atoms. The van der Waals surface area contributed by atoms with E-state index in [4.69, 9.17) is 11.6 Å². The van der Waals surface area contributed by atoms with Gasteiger partial charge in [-0.1, -0.05) is 36.0 Å². The molecule has 110 valence electrons. The zero-order chi connectivity index (χ0) is 14.7. The molecule has 0 N–H and O–H groups in total. The van der Waals surface area contributed by atoms with E-state index in [2.05, 4.69) is 51.0 Å². The number of aromatic nitrogens is 3. The van der Waals surface area contributed by atoms with Crippen molar-refractivity contribution in [3.05, 3.63) is 40.7 Å². The highest BCUT2D eigenvalue weighted by atomic mass is 35.5. The molecule has 4 nitrogen and oxygen atoms in total. The van der Waals surface area contributed by atoms with Crippen molar-refractivity contribution in [1.29, 1.82) is 0 Å². The summed E-state index contributed by atoms with van der Waals surface area (Å²) in [5, 5.41) is 0.972. The lowest BCUT2D eigenvalue weighted by molar-refractivity contribution is 0.826. The largest absolute Gasteiger partial charge is 0.341 e. The van der Waals surface area contributed by atoms with E-state index in [1.54, 1.807) is 11.8 Å². The molecule has 1 aromatic heterocycles. The summed E-state index contributed by atoms with van der Waals surface area (Å²) < 4.78 is 0. The van der Waals surface area contributed by atoms with Gasteiger partial charge in [0, 0.05) is 18.8 Å². The molecular formula is C15H17ClN4S. The number of halogens is 1. The Morgan fingerprint density at radius 2 is 1.90 bits per heavy atom. The van der Waals surface area contributed by atoms with Crippen molar-refractivity contribution in [3.8, 4) is 0 Å². The Morgan fingerprint density at radius 1 is 1.14 bits per heavy atom. The molecular weight excluding hydrogens is 304 g/mol. The van der Waals surface area contributed by atoms with Crippen LogP contribution in [-0.4, -0.2) is 28.0 Å². The van der Waals surface area contributed by atoms with E-state index in [1.165, 1.54) is 24.0 Å². The van der Waals surface area contributed by atoms with Crippen LogP contribution in [0.2, 0.25) is 5.28 Å². The predicted octanol–water partition coefficient (Wildman–Crippen LogP) is 3.73. The number of benzene rings is 1. The van der Waals surface area contributed by atoms with Crippen LogP contribution in [-0.2, 0) is 5.75 Å². The molecule has 0 radical (unpaired) electrons. The summed E-state index contributed by atoms with van der Waals surface area (Å²) in [5.74, 6) is 1.55. The lowest BCUT2D eigenvalue weighted by atomic mass is 10.1. The van der Waals surface area contributed by atoms with Gasteiger partial charge in [0.2, 0.25) is 11.2 Å². The molecule has 1 aliphatic heterocycles. The zero-order valence-electron chi connectivity index (χ0n) is 11.9. The summed E-state index contributed by atoms with van der Waals surface area (Å²) in [7, 11) is 0. The van der Waals surface area contributed by atoms with Crippen LogP contribution in [0, 0.1) is 6.92 Å². The van der Waals surface area contributed by atoms with Gasteiger partial charge in [0.05, 0.1) is 0 Å². The number of anilines is 1. The Labute approximate surface area is 134 Å². The van der Waals surface area contributed by atoms with Crippen LogP contribution < -0.4 is 4.90 Å². The van der Waals surface area contributed by atoms with E-state index in [0.717, 1.165) is 18.8 Å². The standard InChI is InChI=1S/C15H17ClN4S/c1-11-6-2-3-7-12(11)10-21-15-18-13(16)17-14(19-15)20-8-4-5-9-20/h2-3,6-7H,4-5,8-10H2,1H3. The van der Waals surface area contributed by atoms with Gasteiger partial charge in [-0.3, -0.25) is 0 Å². The first-order valence-corrected chi connectivity index (χ1v) is 8.42. The fraction of sp³-hybridized carbons (Fsp3) is 0.400. The Morgan fingerprint density at radius 3 is 2.67 bits per heavy atom. The van der Waals surface area contributed by atoms with Crippen LogP contribution in [0.5, 0.6) is 0 Å². The van der Waals surface area contributed by atoms with Crippen LogP contribution in [0.25, 0.3) is 0 Å². The minimum atomic E-state index is 0.277. The van der Waals surface area contributed by atoms with Gasteiger partial charge in [-0.2, -0.15) is 15.0 Å². The first-order valence-electron chi connectivity index (χ1n) is 7.06. The van der Waals surface area contributed by atoms with Crippen molar-refractivity contribution in [3.63, 3.8) is 0 Å². The molecule has 2 aromatic rings. The number of rotatable bonds is 4. The minimum absolute atomic E-state index is 0.277. The van der Waals surface area contributed by atoms with E-state index in [0.29, 0.717) is 11.1 Å². The van der Waals surface area contributed by atoms with Gasteiger partial charge in [-0.15, -0.1) is 0 Å². The Kier molecular flexibility index (Phi) is 4.60. The maximum absolute atomic E-state index is 6.04. The van der Waals surface area contributed by atoms with Crippen LogP contribution in [0.3, 0.4) is 0 Å².